The minimum atomic E-state index is 0.788. The molecular formula is C15H21N3O. The number of fused-ring (bicyclic) bond motifs is 1. The van der Waals surface area contributed by atoms with Crippen LogP contribution in [0.4, 0.5) is 0 Å². The molecule has 0 atom stereocenters. The summed E-state index contributed by atoms with van der Waals surface area (Å²) in [6, 6.07) is 6.00. The SMILES string of the molecule is c1nc2ccc(OCCCN3CCCCC3)cc2[nH]1. The maximum absolute atomic E-state index is 5.80. The summed E-state index contributed by atoms with van der Waals surface area (Å²) >= 11 is 0. The van der Waals surface area contributed by atoms with E-state index in [1.54, 1.807) is 6.33 Å². The first-order valence-electron chi connectivity index (χ1n) is 7.20. The average Bonchev–Trinajstić information content (AvgIpc) is 2.92. The zero-order valence-electron chi connectivity index (χ0n) is 11.3. The van der Waals surface area contributed by atoms with Crippen molar-refractivity contribution in [2.45, 2.75) is 25.7 Å². The fraction of sp³-hybridized carbons (Fsp3) is 0.533. The number of ether oxygens (including phenoxy) is 1. The highest BCUT2D eigenvalue weighted by atomic mass is 16.5. The second-order valence-electron chi connectivity index (χ2n) is 5.19. The van der Waals surface area contributed by atoms with E-state index in [1.165, 1.54) is 32.4 Å². The van der Waals surface area contributed by atoms with E-state index in [9.17, 15) is 0 Å². The molecule has 4 nitrogen and oxygen atoms in total. The summed E-state index contributed by atoms with van der Waals surface area (Å²) in [7, 11) is 0. The van der Waals surface area contributed by atoms with Crippen LogP contribution in [0.3, 0.4) is 0 Å². The Kier molecular flexibility index (Phi) is 3.98. The van der Waals surface area contributed by atoms with Gasteiger partial charge in [-0.05, 0) is 44.5 Å². The molecule has 1 N–H and O–H groups in total. The number of likely N-dealkylation sites (tertiary alicyclic amines) is 1. The largest absolute Gasteiger partial charge is 0.493 e. The van der Waals surface area contributed by atoms with E-state index >= 15 is 0 Å². The van der Waals surface area contributed by atoms with E-state index in [2.05, 4.69) is 14.9 Å². The summed E-state index contributed by atoms with van der Waals surface area (Å²) in [4.78, 5) is 9.85. The predicted molar refractivity (Wildman–Crippen MR) is 76.5 cm³/mol. The molecule has 0 amide bonds. The molecular weight excluding hydrogens is 238 g/mol. The molecule has 2 aromatic rings. The van der Waals surface area contributed by atoms with Crippen LogP contribution >= 0.6 is 0 Å². The lowest BCUT2D eigenvalue weighted by atomic mass is 10.1. The topological polar surface area (TPSA) is 41.1 Å². The molecule has 0 saturated carbocycles. The fourth-order valence-electron chi connectivity index (χ4n) is 2.67. The van der Waals surface area contributed by atoms with Crippen molar-refractivity contribution in [3.8, 4) is 5.75 Å². The average molecular weight is 259 g/mol. The fourth-order valence-corrected chi connectivity index (χ4v) is 2.67. The van der Waals surface area contributed by atoms with Gasteiger partial charge in [0.1, 0.15) is 5.75 Å². The number of benzene rings is 1. The molecule has 102 valence electrons. The Morgan fingerprint density at radius 1 is 1.21 bits per heavy atom. The van der Waals surface area contributed by atoms with E-state index < -0.39 is 0 Å². The van der Waals surface area contributed by atoms with Gasteiger partial charge in [0, 0.05) is 12.6 Å². The van der Waals surface area contributed by atoms with E-state index in [0.29, 0.717) is 0 Å². The van der Waals surface area contributed by atoms with Crippen LogP contribution in [0, 0.1) is 0 Å². The summed E-state index contributed by atoms with van der Waals surface area (Å²) in [6.07, 6.45) is 6.93. The van der Waals surface area contributed by atoms with Gasteiger partial charge in [-0.15, -0.1) is 0 Å². The smallest absolute Gasteiger partial charge is 0.121 e. The lowest BCUT2D eigenvalue weighted by molar-refractivity contribution is 0.205. The van der Waals surface area contributed by atoms with Crippen molar-refractivity contribution in [3.05, 3.63) is 24.5 Å². The zero-order valence-corrected chi connectivity index (χ0v) is 11.3. The molecule has 1 aliphatic heterocycles. The Labute approximate surface area is 113 Å². The Morgan fingerprint density at radius 3 is 3.00 bits per heavy atom. The predicted octanol–water partition coefficient (Wildman–Crippen LogP) is 2.82. The molecule has 1 saturated heterocycles. The van der Waals surface area contributed by atoms with Crippen molar-refractivity contribution in [2.75, 3.05) is 26.2 Å². The lowest BCUT2D eigenvalue weighted by Crippen LogP contribution is -2.31. The summed E-state index contributed by atoms with van der Waals surface area (Å²) in [5, 5.41) is 0. The minimum Gasteiger partial charge on any atom is -0.493 e. The third kappa shape index (κ3) is 3.26. The van der Waals surface area contributed by atoms with E-state index in [4.69, 9.17) is 4.74 Å². The molecule has 0 bridgehead atoms. The van der Waals surface area contributed by atoms with Crippen molar-refractivity contribution in [1.82, 2.24) is 14.9 Å². The van der Waals surface area contributed by atoms with Gasteiger partial charge in [-0.1, -0.05) is 6.42 Å². The first kappa shape index (κ1) is 12.5. The van der Waals surface area contributed by atoms with Crippen LogP contribution in [-0.2, 0) is 0 Å². The Bertz CT molecular complexity index is 517. The number of rotatable bonds is 5. The molecule has 1 aromatic heterocycles. The van der Waals surface area contributed by atoms with Crippen LogP contribution in [0.15, 0.2) is 24.5 Å². The summed E-state index contributed by atoms with van der Waals surface area (Å²) in [5.41, 5.74) is 2.02. The number of imidazole rings is 1. The molecule has 2 heterocycles. The first-order chi connectivity index (χ1) is 9.42. The minimum absolute atomic E-state index is 0.788. The van der Waals surface area contributed by atoms with E-state index in [1.807, 2.05) is 18.2 Å². The van der Waals surface area contributed by atoms with Crippen molar-refractivity contribution in [1.29, 1.82) is 0 Å². The molecule has 1 fully saturated rings. The van der Waals surface area contributed by atoms with Crippen LogP contribution in [0.2, 0.25) is 0 Å². The molecule has 1 aliphatic rings. The highest BCUT2D eigenvalue weighted by Gasteiger charge is 2.09. The van der Waals surface area contributed by atoms with Crippen molar-refractivity contribution in [2.24, 2.45) is 0 Å². The molecule has 0 aliphatic carbocycles. The van der Waals surface area contributed by atoms with Crippen molar-refractivity contribution >= 4 is 11.0 Å². The number of piperidine rings is 1. The van der Waals surface area contributed by atoms with Crippen LogP contribution in [0.5, 0.6) is 5.75 Å². The number of aromatic amines is 1. The van der Waals surface area contributed by atoms with Crippen molar-refractivity contribution in [3.63, 3.8) is 0 Å². The van der Waals surface area contributed by atoms with E-state index in [0.717, 1.165) is 36.4 Å². The monoisotopic (exact) mass is 259 g/mol. The van der Waals surface area contributed by atoms with Crippen LogP contribution in [-0.4, -0.2) is 41.1 Å². The lowest BCUT2D eigenvalue weighted by Gasteiger charge is -2.26. The second-order valence-corrected chi connectivity index (χ2v) is 5.19. The number of aromatic nitrogens is 2. The standard InChI is InChI=1S/C15H21N3O/c1-2-7-18(8-3-1)9-4-10-19-13-5-6-14-15(11-13)17-12-16-14/h5-6,11-12H,1-4,7-10H2,(H,16,17). The molecule has 19 heavy (non-hydrogen) atoms. The van der Waals surface area contributed by atoms with Gasteiger partial charge in [-0.2, -0.15) is 0 Å². The number of nitrogens with one attached hydrogen (secondary N) is 1. The van der Waals surface area contributed by atoms with Gasteiger partial charge in [-0.3, -0.25) is 0 Å². The maximum atomic E-state index is 5.80. The molecule has 0 radical (unpaired) electrons. The number of nitrogens with zero attached hydrogens (tertiary/aromatic N) is 2. The maximum Gasteiger partial charge on any atom is 0.121 e. The van der Waals surface area contributed by atoms with Gasteiger partial charge < -0.3 is 14.6 Å². The van der Waals surface area contributed by atoms with Gasteiger partial charge in [0.2, 0.25) is 0 Å². The van der Waals surface area contributed by atoms with Crippen LogP contribution < -0.4 is 4.74 Å². The van der Waals surface area contributed by atoms with Gasteiger partial charge in [0.15, 0.2) is 0 Å². The third-order valence-corrected chi connectivity index (χ3v) is 3.73. The number of hydrogen-bond donors (Lipinski definition) is 1. The molecule has 3 rings (SSSR count). The Morgan fingerprint density at radius 2 is 2.11 bits per heavy atom. The summed E-state index contributed by atoms with van der Waals surface area (Å²) in [5.74, 6) is 0.926. The Hall–Kier alpha value is -1.55. The molecule has 0 unspecified atom stereocenters. The third-order valence-electron chi connectivity index (χ3n) is 3.73. The van der Waals surface area contributed by atoms with Gasteiger partial charge in [0.25, 0.3) is 0 Å². The van der Waals surface area contributed by atoms with Gasteiger partial charge in [0.05, 0.1) is 24.0 Å². The van der Waals surface area contributed by atoms with Crippen LogP contribution in [0.1, 0.15) is 25.7 Å². The Balaban J connectivity index is 1.43. The normalized spacial score (nSPS) is 16.8. The number of hydrogen-bond acceptors (Lipinski definition) is 3. The zero-order chi connectivity index (χ0) is 12.9. The first-order valence-corrected chi connectivity index (χ1v) is 7.20. The summed E-state index contributed by atoms with van der Waals surface area (Å²) in [6.45, 7) is 4.47. The highest BCUT2D eigenvalue weighted by Crippen LogP contribution is 2.18. The molecule has 0 spiro atoms. The molecule has 1 aromatic carbocycles. The summed E-state index contributed by atoms with van der Waals surface area (Å²) < 4.78 is 5.80. The van der Waals surface area contributed by atoms with Gasteiger partial charge >= 0.3 is 0 Å². The van der Waals surface area contributed by atoms with E-state index in [-0.39, 0.29) is 0 Å². The number of H-pyrrole nitrogens is 1. The molecule has 4 heteroatoms. The second kappa shape index (κ2) is 6.06. The highest BCUT2D eigenvalue weighted by molar-refractivity contribution is 5.75. The van der Waals surface area contributed by atoms with Gasteiger partial charge in [-0.25, -0.2) is 4.98 Å². The van der Waals surface area contributed by atoms with Crippen LogP contribution in [0.25, 0.3) is 11.0 Å². The quantitative estimate of drug-likeness (QED) is 0.839. The van der Waals surface area contributed by atoms with Crippen molar-refractivity contribution < 1.29 is 4.74 Å².